The average molecular weight is 234 g/mol. The summed E-state index contributed by atoms with van der Waals surface area (Å²) in [4.78, 5) is 16.0. The molecule has 0 aliphatic carbocycles. The Morgan fingerprint density at radius 1 is 1.31 bits per heavy atom. The van der Waals surface area contributed by atoms with Crippen molar-refractivity contribution in [2.24, 2.45) is 0 Å². The number of ketones is 1. The Bertz CT molecular complexity index is 590. The first-order valence-corrected chi connectivity index (χ1v) is 5.46. The van der Waals surface area contributed by atoms with Crippen molar-refractivity contribution in [3.8, 4) is 0 Å². The first-order valence-electron chi connectivity index (χ1n) is 5.08. The molecule has 0 bridgehead atoms. The van der Waals surface area contributed by atoms with Crippen LogP contribution in [-0.4, -0.2) is 10.8 Å². The summed E-state index contributed by atoms with van der Waals surface area (Å²) in [5.74, 6) is 0.0530. The van der Waals surface area contributed by atoms with Crippen LogP contribution in [0.25, 0.3) is 10.9 Å². The number of benzene rings is 1. The molecule has 0 amide bonds. The molecular weight excluding hydrogens is 222 g/mol. The SMILES string of the molecule is CC(=O)c1cc(C)nc2c(C)c(Cl)ccc12. The first kappa shape index (κ1) is 11.1. The molecule has 0 N–H and O–H groups in total. The summed E-state index contributed by atoms with van der Waals surface area (Å²) in [6.45, 7) is 5.37. The highest BCUT2D eigenvalue weighted by molar-refractivity contribution is 6.32. The standard InChI is InChI=1S/C13H12ClNO/c1-7-6-11(9(3)16)10-4-5-12(14)8(2)13(10)15-7/h4-6H,1-3H3. The number of carbonyl (C=O) groups is 1. The summed E-state index contributed by atoms with van der Waals surface area (Å²) < 4.78 is 0. The number of carbonyl (C=O) groups excluding carboxylic acids is 1. The fourth-order valence-electron chi connectivity index (χ4n) is 1.82. The van der Waals surface area contributed by atoms with Gasteiger partial charge in [0.1, 0.15) is 0 Å². The zero-order valence-corrected chi connectivity index (χ0v) is 10.2. The van der Waals surface area contributed by atoms with Gasteiger partial charge in [-0.15, -0.1) is 0 Å². The van der Waals surface area contributed by atoms with Crippen LogP contribution in [0.1, 0.15) is 28.5 Å². The smallest absolute Gasteiger partial charge is 0.160 e. The average Bonchev–Trinajstić information content (AvgIpc) is 2.23. The van der Waals surface area contributed by atoms with Crippen molar-refractivity contribution < 1.29 is 4.79 Å². The number of fused-ring (bicyclic) bond motifs is 1. The van der Waals surface area contributed by atoms with Crippen molar-refractivity contribution in [1.82, 2.24) is 4.98 Å². The largest absolute Gasteiger partial charge is 0.294 e. The Kier molecular flexibility index (Phi) is 2.68. The second kappa shape index (κ2) is 3.87. The lowest BCUT2D eigenvalue weighted by Crippen LogP contribution is -1.98. The summed E-state index contributed by atoms with van der Waals surface area (Å²) in [5, 5.41) is 1.56. The van der Waals surface area contributed by atoms with E-state index in [4.69, 9.17) is 11.6 Å². The molecule has 0 aliphatic heterocycles. The van der Waals surface area contributed by atoms with Crippen molar-refractivity contribution in [2.45, 2.75) is 20.8 Å². The summed E-state index contributed by atoms with van der Waals surface area (Å²) in [7, 11) is 0. The maximum Gasteiger partial charge on any atom is 0.160 e. The maximum absolute atomic E-state index is 11.5. The molecule has 0 aliphatic rings. The second-order valence-corrected chi connectivity index (χ2v) is 4.34. The third-order valence-corrected chi connectivity index (χ3v) is 3.09. The van der Waals surface area contributed by atoms with Crippen LogP contribution in [0.5, 0.6) is 0 Å². The molecule has 0 atom stereocenters. The van der Waals surface area contributed by atoms with Gasteiger partial charge in [0.2, 0.25) is 0 Å². The van der Waals surface area contributed by atoms with Crippen LogP contribution in [0.4, 0.5) is 0 Å². The second-order valence-electron chi connectivity index (χ2n) is 3.94. The van der Waals surface area contributed by atoms with Crippen LogP contribution in [0.15, 0.2) is 18.2 Å². The lowest BCUT2D eigenvalue weighted by molar-refractivity contribution is 0.101. The molecular formula is C13H12ClNO. The number of rotatable bonds is 1. The van der Waals surface area contributed by atoms with Gasteiger partial charge >= 0.3 is 0 Å². The Morgan fingerprint density at radius 2 is 2.00 bits per heavy atom. The van der Waals surface area contributed by atoms with Gasteiger partial charge in [0.15, 0.2) is 5.78 Å². The summed E-state index contributed by atoms with van der Waals surface area (Å²) in [6.07, 6.45) is 0. The van der Waals surface area contributed by atoms with E-state index in [0.717, 1.165) is 22.2 Å². The number of nitrogens with zero attached hydrogens (tertiary/aromatic N) is 1. The number of hydrogen-bond acceptors (Lipinski definition) is 2. The Balaban J connectivity index is 2.94. The lowest BCUT2D eigenvalue weighted by atomic mass is 10.0. The topological polar surface area (TPSA) is 30.0 Å². The number of aryl methyl sites for hydroxylation is 2. The van der Waals surface area contributed by atoms with Crippen molar-refractivity contribution in [2.75, 3.05) is 0 Å². The van der Waals surface area contributed by atoms with E-state index in [0.29, 0.717) is 10.6 Å². The molecule has 16 heavy (non-hydrogen) atoms. The quantitative estimate of drug-likeness (QED) is 0.703. The van der Waals surface area contributed by atoms with E-state index in [2.05, 4.69) is 4.98 Å². The van der Waals surface area contributed by atoms with Gasteiger partial charge < -0.3 is 0 Å². The molecule has 0 unspecified atom stereocenters. The third kappa shape index (κ3) is 1.69. The van der Waals surface area contributed by atoms with Crippen molar-refractivity contribution in [3.63, 3.8) is 0 Å². The third-order valence-electron chi connectivity index (χ3n) is 2.68. The van der Waals surface area contributed by atoms with Gasteiger partial charge in [0, 0.05) is 21.7 Å². The first-order chi connectivity index (χ1) is 7.50. The fourth-order valence-corrected chi connectivity index (χ4v) is 1.98. The van der Waals surface area contributed by atoms with Crippen LogP contribution in [0, 0.1) is 13.8 Å². The molecule has 2 nitrogen and oxygen atoms in total. The van der Waals surface area contributed by atoms with E-state index in [1.165, 1.54) is 0 Å². The summed E-state index contributed by atoms with van der Waals surface area (Å²) in [5.41, 5.74) is 3.29. The number of aromatic nitrogens is 1. The maximum atomic E-state index is 11.5. The number of halogens is 1. The van der Waals surface area contributed by atoms with Crippen molar-refractivity contribution in [1.29, 1.82) is 0 Å². The highest BCUT2D eigenvalue weighted by Gasteiger charge is 2.11. The Hall–Kier alpha value is -1.41. The Morgan fingerprint density at radius 3 is 2.62 bits per heavy atom. The molecule has 2 rings (SSSR count). The minimum absolute atomic E-state index is 0.0530. The predicted octanol–water partition coefficient (Wildman–Crippen LogP) is 3.71. The molecule has 1 heterocycles. The molecule has 1 aromatic carbocycles. The Labute approximate surface area is 99.3 Å². The van der Waals surface area contributed by atoms with Gasteiger partial charge in [-0.3, -0.25) is 9.78 Å². The van der Waals surface area contributed by atoms with Crippen LogP contribution >= 0.6 is 11.6 Å². The van der Waals surface area contributed by atoms with Gasteiger partial charge in [-0.25, -0.2) is 0 Å². The van der Waals surface area contributed by atoms with Crippen LogP contribution in [-0.2, 0) is 0 Å². The summed E-state index contributed by atoms with van der Waals surface area (Å²) in [6, 6.07) is 5.48. The van der Waals surface area contributed by atoms with E-state index < -0.39 is 0 Å². The molecule has 3 heteroatoms. The molecule has 1 aromatic heterocycles. The van der Waals surface area contributed by atoms with Gasteiger partial charge in [-0.1, -0.05) is 17.7 Å². The van der Waals surface area contributed by atoms with Crippen molar-refractivity contribution in [3.05, 3.63) is 40.0 Å². The van der Waals surface area contributed by atoms with E-state index in [9.17, 15) is 4.79 Å². The number of Topliss-reactive ketones (excluding diaryl/α,β-unsaturated/α-hetero) is 1. The lowest BCUT2D eigenvalue weighted by Gasteiger charge is -2.08. The number of hydrogen-bond donors (Lipinski definition) is 0. The van der Waals surface area contributed by atoms with E-state index in [1.54, 1.807) is 6.92 Å². The van der Waals surface area contributed by atoms with Crippen LogP contribution < -0.4 is 0 Å². The molecule has 0 saturated heterocycles. The minimum Gasteiger partial charge on any atom is -0.294 e. The molecule has 0 radical (unpaired) electrons. The van der Waals surface area contributed by atoms with Gasteiger partial charge in [0.25, 0.3) is 0 Å². The van der Waals surface area contributed by atoms with E-state index in [1.807, 2.05) is 32.0 Å². The minimum atomic E-state index is 0.0530. The normalized spacial score (nSPS) is 10.8. The zero-order valence-electron chi connectivity index (χ0n) is 9.47. The highest BCUT2D eigenvalue weighted by atomic mass is 35.5. The monoisotopic (exact) mass is 233 g/mol. The predicted molar refractivity (Wildman–Crippen MR) is 66.2 cm³/mol. The summed E-state index contributed by atoms with van der Waals surface area (Å²) >= 11 is 6.05. The van der Waals surface area contributed by atoms with Gasteiger partial charge in [0.05, 0.1) is 5.52 Å². The zero-order chi connectivity index (χ0) is 11.9. The van der Waals surface area contributed by atoms with E-state index in [-0.39, 0.29) is 5.78 Å². The highest BCUT2D eigenvalue weighted by Crippen LogP contribution is 2.27. The van der Waals surface area contributed by atoms with Crippen LogP contribution in [0.2, 0.25) is 5.02 Å². The van der Waals surface area contributed by atoms with Crippen molar-refractivity contribution >= 4 is 28.3 Å². The molecule has 0 spiro atoms. The number of pyridine rings is 1. The molecule has 0 saturated carbocycles. The van der Waals surface area contributed by atoms with Crippen LogP contribution in [0.3, 0.4) is 0 Å². The van der Waals surface area contributed by atoms with E-state index >= 15 is 0 Å². The molecule has 2 aromatic rings. The molecule has 82 valence electrons. The fraction of sp³-hybridized carbons (Fsp3) is 0.231. The van der Waals surface area contributed by atoms with Gasteiger partial charge in [-0.05, 0) is 38.5 Å². The van der Waals surface area contributed by atoms with Gasteiger partial charge in [-0.2, -0.15) is 0 Å². The molecule has 0 fully saturated rings.